The van der Waals surface area contributed by atoms with E-state index in [0.717, 1.165) is 6.42 Å². The first-order valence-corrected chi connectivity index (χ1v) is 11.8. The lowest BCUT2D eigenvalue weighted by atomic mass is 9.82. The van der Waals surface area contributed by atoms with Gasteiger partial charge in [-0.1, -0.05) is 117 Å². The van der Waals surface area contributed by atoms with Crippen LogP contribution in [0.5, 0.6) is 0 Å². The Bertz CT molecular complexity index is 275. The zero-order valence-electron chi connectivity index (χ0n) is 18.7. The molecule has 0 saturated carbocycles. The van der Waals surface area contributed by atoms with Gasteiger partial charge in [-0.25, -0.2) is 0 Å². The number of hydrogen-bond donors (Lipinski definition) is 2. The van der Waals surface area contributed by atoms with Crippen molar-refractivity contribution in [2.75, 3.05) is 5.88 Å². The second-order valence-electron chi connectivity index (χ2n) is 8.88. The van der Waals surface area contributed by atoms with E-state index >= 15 is 0 Å². The maximum atomic E-state index is 9.69. The maximum absolute atomic E-state index is 9.69. The van der Waals surface area contributed by atoms with Gasteiger partial charge >= 0.3 is 0 Å². The van der Waals surface area contributed by atoms with E-state index in [-0.39, 0.29) is 30.1 Å². The van der Waals surface area contributed by atoms with Gasteiger partial charge in [0.05, 0.1) is 6.10 Å². The minimum atomic E-state index is -0.340. The van der Waals surface area contributed by atoms with Gasteiger partial charge in [0, 0.05) is 5.88 Å². The van der Waals surface area contributed by atoms with Crippen molar-refractivity contribution in [3.63, 3.8) is 0 Å². The summed E-state index contributed by atoms with van der Waals surface area (Å²) in [6.07, 6.45) is 22.9. The zero-order valence-corrected chi connectivity index (χ0v) is 20.3. The molecule has 0 aliphatic rings. The quantitative estimate of drug-likeness (QED) is 0.159. The molecule has 0 aromatic heterocycles. The lowest BCUT2D eigenvalue weighted by Gasteiger charge is -2.26. The normalized spacial score (nSPS) is 12.3. The molecule has 1 atom stereocenters. The Kier molecular flexibility index (Phi) is 27.2. The molecule has 4 N–H and O–H groups in total. The first-order chi connectivity index (χ1) is 12.0. The SMILES string of the molecule is CCCCCCCCCCCCCCCCCC(C)(C)CC(O)CCl.Cl.N. The summed E-state index contributed by atoms with van der Waals surface area (Å²) in [6, 6.07) is 0. The predicted octanol–water partition coefficient (Wildman–Crippen LogP) is 8.85. The van der Waals surface area contributed by atoms with Gasteiger partial charge < -0.3 is 11.3 Å². The maximum Gasteiger partial charge on any atom is 0.0680 e. The molecule has 0 saturated heterocycles. The van der Waals surface area contributed by atoms with Gasteiger partial charge in [-0.05, 0) is 18.3 Å². The average molecular weight is 429 g/mol. The van der Waals surface area contributed by atoms with Crippen LogP contribution in [0.1, 0.15) is 130 Å². The smallest absolute Gasteiger partial charge is 0.0680 e. The topological polar surface area (TPSA) is 55.2 Å². The summed E-state index contributed by atoms with van der Waals surface area (Å²) in [5.74, 6) is 0.363. The minimum absolute atomic E-state index is 0. The summed E-state index contributed by atoms with van der Waals surface area (Å²) in [4.78, 5) is 0. The van der Waals surface area contributed by atoms with E-state index in [1.165, 1.54) is 103 Å². The number of alkyl halides is 1. The van der Waals surface area contributed by atoms with Crippen molar-refractivity contribution < 1.29 is 5.11 Å². The van der Waals surface area contributed by atoms with E-state index in [1.807, 2.05) is 0 Å². The van der Waals surface area contributed by atoms with Crippen LogP contribution in [0.15, 0.2) is 0 Å². The van der Waals surface area contributed by atoms with Crippen molar-refractivity contribution in [2.45, 2.75) is 136 Å². The molecule has 0 aromatic rings. The van der Waals surface area contributed by atoms with E-state index in [0.29, 0.717) is 5.88 Å². The highest BCUT2D eigenvalue weighted by Gasteiger charge is 2.21. The molecule has 0 spiro atoms. The molecule has 1 unspecified atom stereocenters. The Labute approximate surface area is 182 Å². The van der Waals surface area contributed by atoms with Gasteiger partial charge in [0.2, 0.25) is 0 Å². The monoisotopic (exact) mass is 427 g/mol. The number of hydrogen-bond acceptors (Lipinski definition) is 2. The molecule has 0 bridgehead atoms. The Hall–Kier alpha value is 0.500. The predicted molar refractivity (Wildman–Crippen MR) is 127 cm³/mol. The molecule has 0 fully saturated rings. The summed E-state index contributed by atoms with van der Waals surface area (Å²) < 4.78 is 0. The number of aliphatic hydroxyl groups is 1. The van der Waals surface area contributed by atoms with E-state index in [4.69, 9.17) is 11.6 Å². The van der Waals surface area contributed by atoms with Crippen molar-refractivity contribution >= 4 is 24.0 Å². The van der Waals surface area contributed by atoms with Crippen LogP contribution in [0.4, 0.5) is 0 Å². The fourth-order valence-corrected chi connectivity index (χ4v) is 3.88. The van der Waals surface area contributed by atoms with Crippen LogP contribution in [0.25, 0.3) is 0 Å². The molecule has 0 aliphatic heterocycles. The molecule has 0 heterocycles. The van der Waals surface area contributed by atoms with Gasteiger partial charge in [-0.3, -0.25) is 0 Å². The van der Waals surface area contributed by atoms with Crippen LogP contribution in [-0.4, -0.2) is 17.1 Å². The van der Waals surface area contributed by atoms with Crippen LogP contribution in [-0.2, 0) is 0 Å². The van der Waals surface area contributed by atoms with Crippen LogP contribution in [0.2, 0.25) is 0 Å². The molecule has 27 heavy (non-hydrogen) atoms. The lowest BCUT2D eigenvalue weighted by Crippen LogP contribution is -2.21. The molecule has 0 amide bonds. The van der Waals surface area contributed by atoms with Gasteiger partial charge in [-0.2, -0.15) is 0 Å². The van der Waals surface area contributed by atoms with Crippen molar-refractivity contribution in [3.05, 3.63) is 0 Å². The van der Waals surface area contributed by atoms with Crippen LogP contribution < -0.4 is 6.15 Å². The second kappa shape index (κ2) is 22.8. The molecule has 4 heteroatoms. The molecule has 168 valence electrons. The highest BCUT2D eigenvalue weighted by Crippen LogP contribution is 2.29. The third-order valence-electron chi connectivity index (χ3n) is 5.42. The summed E-state index contributed by atoms with van der Waals surface area (Å²) in [7, 11) is 0. The molecular formula is C23H51Cl2NO. The summed E-state index contributed by atoms with van der Waals surface area (Å²) >= 11 is 5.71. The molecule has 0 radical (unpaired) electrons. The number of unbranched alkanes of at least 4 members (excludes halogenated alkanes) is 14. The zero-order chi connectivity index (χ0) is 18.8. The summed E-state index contributed by atoms with van der Waals surface area (Å²) in [6.45, 7) is 6.80. The number of aliphatic hydroxyl groups excluding tert-OH is 1. The first kappa shape index (κ1) is 32.2. The molecule has 0 aliphatic carbocycles. The lowest BCUT2D eigenvalue weighted by molar-refractivity contribution is 0.125. The van der Waals surface area contributed by atoms with E-state index in [1.54, 1.807) is 0 Å². The summed E-state index contributed by atoms with van der Waals surface area (Å²) in [5.41, 5.74) is 0.227. The molecule has 2 nitrogen and oxygen atoms in total. The summed E-state index contributed by atoms with van der Waals surface area (Å²) in [5, 5.41) is 9.69. The third-order valence-corrected chi connectivity index (χ3v) is 5.78. The molecule has 0 rings (SSSR count). The highest BCUT2D eigenvalue weighted by atomic mass is 35.5. The Balaban J connectivity index is -0.00000288. The van der Waals surface area contributed by atoms with Crippen LogP contribution >= 0.6 is 24.0 Å². The van der Waals surface area contributed by atoms with E-state index in [9.17, 15) is 5.11 Å². The number of rotatable bonds is 19. The van der Waals surface area contributed by atoms with Crippen molar-refractivity contribution in [3.8, 4) is 0 Å². The standard InChI is InChI=1S/C23H47ClO.ClH.H3N/c1-4-5-6-7-8-9-10-11-12-13-14-15-16-17-18-19-23(2,3)20-22(25)21-24;;/h22,25H,4-21H2,1-3H3;1H;1H3. The average Bonchev–Trinajstić information content (AvgIpc) is 2.57. The number of halogens is 2. The largest absolute Gasteiger partial charge is 0.392 e. The van der Waals surface area contributed by atoms with Crippen molar-refractivity contribution in [1.29, 1.82) is 0 Å². The Morgan fingerprint density at radius 2 is 1.04 bits per heavy atom. The fourth-order valence-electron chi connectivity index (χ4n) is 3.77. The Morgan fingerprint density at radius 1 is 0.704 bits per heavy atom. The second-order valence-corrected chi connectivity index (χ2v) is 9.18. The molecule has 0 aromatic carbocycles. The highest BCUT2D eigenvalue weighted by molar-refractivity contribution is 6.18. The van der Waals surface area contributed by atoms with Crippen molar-refractivity contribution in [1.82, 2.24) is 6.15 Å². The van der Waals surface area contributed by atoms with Gasteiger partial charge in [0.25, 0.3) is 0 Å². The van der Waals surface area contributed by atoms with Gasteiger partial charge in [0.1, 0.15) is 0 Å². The van der Waals surface area contributed by atoms with Gasteiger partial charge in [-0.15, -0.1) is 24.0 Å². The third kappa shape index (κ3) is 24.5. The minimum Gasteiger partial charge on any atom is -0.392 e. The van der Waals surface area contributed by atoms with Crippen LogP contribution in [0, 0.1) is 5.41 Å². The molecular weight excluding hydrogens is 377 g/mol. The Morgan fingerprint density at radius 3 is 1.37 bits per heavy atom. The van der Waals surface area contributed by atoms with E-state index < -0.39 is 0 Å². The van der Waals surface area contributed by atoms with Gasteiger partial charge in [0.15, 0.2) is 0 Å². The van der Waals surface area contributed by atoms with Crippen LogP contribution in [0.3, 0.4) is 0 Å². The van der Waals surface area contributed by atoms with Crippen molar-refractivity contribution in [2.24, 2.45) is 5.41 Å². The van der Waals surface area contributed by atoms with E-state index in [2.05, 4.69) is 20.8 Å². The first-order valence-electron chi connectivity index (χ1n) is 11.3. The fraction of sp³-hybridized carbons (Fsp3) is 1.00.